The summed E-state index contributed by atoms with van der Waals surface area (Å²) < 4.78 is 9.53. The molecule has 9 nitrogen and oxygen atoms in total. The molecule has 0 amide bonds. The fourth-order valence-corrected chi connectivity index (χ4v) is 1.56. The topological polar surface area (TPSA) is 116 Å². The molecule has 1 N–H and O–H groups in total. The van der Waals surface area contributed by atoms with Crippen molar-refractivity contribution in [3.63, 3.8) is 0 Å². The summed E-state index contributed by atoms with van der Waals surface area (Å²) in [7, 11) is 1.24. The van der Waals surface area contributed by atoms with E-state index in [0.29, 0.717) is 5.69 Å². The number of esters is 1. The van der Waals surface area contributed by atoms with Crippen LogP contribution in [-0.4, -0.2) is 34.6 Å². The normalized spacial score (nSPS) is 9.65. The Hall–Kier alpha value is -3.12. The first-order chi connectivity index (χ1) is 11.0. The molecule has 2 aromatic rings. The highest BCUT2D eigenvalue weighted by atomic mass is 35.5. The Morgan fingerprint density at radius 1 is 1.48 bits per heavy atom. The minimum atomic E-state index is -0.643. The van der Waals surface area contributed by atoms with Crippen LogP contribution in [0.25, 0.3) is 0 Å². The van der Waals surface area contributed by atoms with Crippen molar-refractivity contribution in [2.45, 2.75) is 0 Å². The van der Waals surface area contributed by atoms with Gasteiger partial charge in [-0.25, -0.2) is 9.78 Å². The van der Waals surface area contributed by atoms with Gasteiger partial charge in [0.25, 0.3) is 0 Å². The summed E-state index contributed by atoms with van der Waals surface area (Å²) in [4.78, 5) is 28.5. The Morgan fingerprint density at radius 2 is 2.26 bits per heavy atom. The second-order valence-electron chi connectivity index (χ2n) is 3.98. The van der Waals surface area contributed by atoms with Crippen LogP contribution < -0.4 is 10.1 Å². The third-order valence-corrected chi connectivity index (χ3v) is 2.67. The van der Waals surface area contributed by atoms with Gasteiger partial charge in [0.15, 0.2) is 12.4 Å². The van der Waals surface area contributed by atoms with Gasteiger partial charge in [-0.2, -0.15) is 4.98 Å². The Balaban J connectivity index is 2.11. The molecule has 0 atom stereocenters. The van der Waals surface area contributed by atoms with Crippen molar-refractivity contribution in [2.75, 3.05) is 19.0 Å². The molecule has 0 spiro atoms. The molecule has 0 fully saturated rings. The van der Waals surface area contributed by atoms with Crippen molar-refractivity contribution in [2.24, 2.45) is 0 Å². The maximum atomic E-state index is 11.0. The Bertz CT molecular complexity index is 723. The lowest BCUT2D eigenvalue weighted by Crippen LogP contribution is -2.12. The van der Waals surface area contributed by atoms with Gasteiger partial charge in [0.05, 0.1) is 17.7 Å². The summed E-state index contributed by atoms with van der Waals surface area (Å²) in [5.41, 5.74) is 0.00195. The lowest BCUT2D eigenvalue weighted by Gasteiger charge is -2.05. The number of methoxy groups -OCH3 is 1. The molecule has 0 saturated heterocycles. The molecular formula is C13H9ClN4O5. The number of aromatic nitrogens is 2. The third-order valence-electron chi connectivity index (χ3n) is 2.48. The summed E-state index contributed by atoms with van der Waals surface area (Å²) in [5, 5.41) is 13.5. The summed E-state index contributed by atoms with van der Waals surface area (Å²) >= 11 is 5.63. The average molecular weight is 337 g/mol. The molecule has 0 radical (unpaired) electrons. The van der Waals surface area contributed by atoms with Crippen LogP contribution in [0.3, 0.4) is 0 Å². The fraction of sp³-hybridized carbons (Fsp3) is 0.154. The zero-order valence-corrected chi connectivity index (χ0v) is 12.5. The maximum absolute atomic E-state index is 11.0. The zero-order chi connectivity index (χ0) is 16.8. The average Bonchev–Trinajstić information content (AvgIpc) is 2.53. The first kappa shape index (κ1) is 16.3. The molecule has 1 aromatic carbocycles. The molecule has 0 bridgehead atoms. The van der Waals surface area contributed by atoms with Gasteiger partial charge in [0.1, 0.15) is 6.20 Å². The number of rotatable bonds is 6. The van der Waals surface area contributed by atoms with Gasteiger partial charge in [0.2, 0.25) is 11.1 Å². The molecule has 1 heterocycles. The van der Waals surface area contributed by atoms with Crippen molar-refractivity contribution >= 4 is 34.8 Å². The van der Waals surface area contributed by atoms with E-state index in [1.165, 1.54) is 19.2 Å². The zero-order valence-electron chi connectivity index (χ0n) is 11.7. The largest absolute Gasteiger partial charge is 0.474 e. The Kier molecular flexibility index (Phi) is 5.11. The first-order valence-corrected chi connectivity index (χ1v) is 6.45. The number of hydrogen-bond acceptors (Lipinski definition) is 8. The second kappa shape index (κ2) is 7.24. The molecule has 0 aliphatic carbocycles. The van der Waals surface area contributed by atoms with Gasteiger partial charge in [0, 0.05) is 0 Å². The molecule has 0 aliphatic heterocycles. The molecule has 1 aromatic heterocycles. The summed E-state index contributed by atoms with van der Waals surface area (Å²) in [6.07, 6.45) is 0.995. The van der Waals surface area contributed by atoms with Crippen molar-refractivity contribution < 1.29 is 19.2 Å². The number of nitrogens with one attached hydrogen (secondary N) is 1. The SMILES string of the molecule is COC(=O)COc1c#cc(Nc2nc(Cl)ncc2[N+](=O)[O-])cc1. The van der Waals surface area contributed by atoms with E-state index in [2.05, 4.69) is 32.2 Å². The van der Waals surface area contributed by atoms with Crippen LogP contribution in [0.2, 0.25) is 5.28 Å². The molecule has 0 unspecified atom stereocenters. The first-order valence-electron chi connectivity index (χ1n) is 6.07. The smallest absolute Gasteiger partial charge is 0.343 e. The molecular weight excluding hydrogens is 328 g/mol. The van der Waals surface area contributed by atoms with E-state index < -0.39 is 10.9 Å². The molecule has 2 rings (SSSR count). The standard InChI is InChI=1S/C13H9ClN4O5/c1-22-11(19)7-23-9-4-2-8(3-5-9)16-12-10(18(20)21)6-15-13(14)17-12/h2,4,6H,7H2,1H3,(H,15,16,17). The van der Waals surface area contributed by atoms with Gasteiger partial charge in [-0.15, -0.1) is 0 Å². The van der Waals surface area contributed by atoms with Crippen LogP contribution in [0.15, 0.2) is 18.3 Å². The highest BCUT2D eigenvalue weighted by Gasteiger charge is 2.17. The minimum absolute atomic E-state index is 0.0807. The van der Waals surface area contributed by atoms with E-state index in [1.54, 1.807) is 0 Å². The molecule has 10 heteroatoms. The van der Waals surface area contributed by atoms with E-state index in [1.807, 2.05) is 0 Å². The van der Waals surface area contributed by atoms with Gasteiger partial charge >= 0.3 is 11.7 Å². The van der Waals surface area contributed by atoms with Crippen LogP contribution in [0.5, 0.6) is 5.75 Å². The van der Waals surface area contributed by atoms with E-state index in [9.17, 15) is 14.9 Å². The second-order valence-corrected chi connectivity index (χ2v) is 4.32. The molecule has 118 valence electrons. The summed E-state index contributed by atoms with van der Waals surface area (Å²) in [5.74, 6) is -0.356. The number of carbonyl (C=O) groups excluding carboxylic acids is 1. The fourth-order valence-electron chi connectivity index (χ4n) is 1.43. The monoisotopic (exact) mass is 336 g/mol. The summed E-state index contributed by atoms with van der Waals surface area (Å²) in [6.45, 7) is -0.263. The Labute approximate surface area is 135 Å². The highest BCUT2D eigenvalue weighted by Crippen LogP contribution is 2.25. The van der Waals surface area contributed by atoms with Crippen LogP contribution in [-0.2, 0) is 9.53 Å². The lowest BCUT2D eigenvalue weighted by molar-refractivity contribution is -0.384. The number of hydrogen-bond donors (Lipinski definition) is 1. The van der Waals surface area contributed by atoms with Crippen LogP contribution >= 0.6 is 11.6 Å². The number of anilines is 2. The minimum Gasteiger partial charge on any atom is -0.474 e. The lowest BCUT2D eigenvalue weighted by atomic mass is 10.3. The van der Waals surface area contributed by atoms with E-state index in [0.717, 1.165) is 6.20 Å². The summed E-state index contributed by atoms with van der Waals surface area (Å²) in [6, 6.07) is 8.32. The van der Waals surface area contributed by atoms with Crippen molar-refractivity contribution in [1.29, 1.82) is 0 Å². The van der Waals surface area contributed by atoms with Crippen LogP contribution in [0, 0.1) is 22.2 Å². The quantitative estimate of drug-likeness (QED) is 0.368. The molecule has 0 saturated carbocycles. The maximum Gasteiger partial charge on any atom is 0.343 e. The number of nitrogens with zero attached hydrogens (tertiary/aromatic N) is 3. The van der Waals surface area contributed by atoms with Gasteiger partial charge < -0.3 is 14.8 Å². The van der Waals surface area contributed by atoms with Crippen molar-refractivity contribution in [1.82, 2.24) is 9.97 Å². The van der Waals surface area contributed by atoms with Gasteiger partial charge in [-0.05, 0) is 35.9 Å². The van der Waals surface area contributed by atoms with Crippen LogP contribution in [0.1, 0.15) is 0 Å². The van der Waals surface area contributed by atoms with Gasteiger partial charge in [-0.3, -0.25) is 10.1 Å². The molecule has 23 heavy (non-hydrogen) atoms. The highest BCUT2D eigenvalue weighted by molar-refractivity contribution is 6.28. The third kappa shape index (κ3) is 4.42. The number of carbonyl (C=O) groups is 1. The molecule has 0 aliphatic rings. The van der Waals surface area contributed by atoms with Crippen molar-refractivity contribution in [3.05, 3.63) is 45.9 Å². The van der Waals surface area contributed by atoms with Gasteiger partial charge in [-0.1, -0.05) is 0 Å². The van der Waals surface area contributed by atoms with E-state index in [-0.39, 0.29) is 29.1 Å². The van der Waals surface area contributed by atoms with E-state index >= 15 is 0 Å². The number of ether oxygens (including phenoxy) is 2. The predicted molar refractivity (Wildman–Crippen MR) is 78.6 cm³/mol. The predicted octanol–water partition coefficient (Wildman–Crippen LogP) is 1.93. The Morgan fingerprint density at radius 3 is 2.87 bits per heavy atom. The number of halogens is 1. The van der Waals surface area contributed by atoms with Crippen LogP contribution in [0.4, 0.5) is 17.2 Å². The van der Waals surface area contributed by atoms with E-state index in [4.69, 9.17) is 16.3 Å². The number of nitro groups is 1. The van der Waals surface area contributed by atoms with Crippen molar-refractivity contribution in [3.8, 4) is 5.75 Å².